The van der Waals surface area contributed by atoms with Gasteiger partial charge in [0, 0.05) is 12.6 Å². The van der Waals surface area contributed by atoms with E-state index < -0.39 is 12.2 Å². The summed E-state index contributed by atoms with van der Waals surface area (Å²) in [6, 6.07) is 0. The van der Waals surface area contributed by atoms with Crippen molar-refractivity contribution >= 4 is 5.97 Å². The van der Waals surface area contributed by atoms with E-state index in [0.29, 0.717) is 12.8 Å². The molecular formula is C16H20N2O4. The Kier molecular flexibility index (Phi) is 8.35. The smallest absolute Gasteiger partial charge is 0.305 e. The lowest BCUT2D eigenvalue weighted by molar-refractivity contribution is -0.140. The maximum absolute atomic E-state index is 10.9. The number of carbonyl (C=O) groups is 1. The molecule has 1 aromatic rings. The van der Waals surface area contributed by atoms with Crippen LogP contribution in [0.1, 0.15) is 24.8 Å². The van der Waals surface area contributed by atoms with Gasteiger partial charge in [0.1, 0.15) is 0 Å². The molecule has 0 fully saturated rings. The molecule has 1 aromatic heterocycles. The highest BCUT2D eigenvalue weighted by molar-refractivity contribution is 5.68. The number of ether oxygens (including phenoxy) is 1. The molecule has 118 valence electrons. The summed E-state index contributed by atoms with van der Waals surface area (Å²) in [4.78, 5) is 10.9. The molecule has 6 nitrogen and oxygen atoms in total. The monoisotopic (exact) mass is 304 g/mol. The highest BCUT2D eigenvalue weighted by Gasteiger charge is 2.13. The Morgan fingerprint density at radius 2 is 2.32 bits per heavy atom. The standard InChI is InChI=1S/C16H20N2O4/c1-22-16(21)10-6-9-15(20)14(19)8-5-3-2-4-7-13-11-17-18-12-13/h2-3,5,8,11-12,14-15,19-20H,6,9-10H2,1H3,(H,17,18)/b3-2+,8-5+/t14-,15+/m1/s1. The van der Waals surface area contributed by atoms with Crippen molar-refractivity contribution in [3.63, 3.8) is 0 Å². The van der Waals surface area contributed by atoms with E-state index in [-0.39, 0.29) is 12.4 Å². The number of methoxy groups -OCH3 is 1. The zero-order valence-corrected chi connectivity index (χ0v) is 12.4. The summed E-state index contributed by atoms with van der Waals surface area (Å²) in [5.41, 5.74) is 0.787. The van der Waals surface area contributed by atoms with E-state index in [1.54, 1.807) is 30.6 Å². The molecule has 3 N–H and O–H groups in total. The fraction of sp³-hybridized carbons (Fsp3) is 0.375. The fourth-order valence-corrected chi connectivity index (χ4v) is 1.58. The maximum Gasteiger partial charge on any atom is 0.305 e. The number of aromatic amines is 1. The van der Waals surface area contributed by atoms with Gasteiger partial charge in [0.15, 0.2) is 0 Å². The Morgan fingerprint density at radius 3 is 3.00 bits per heavy atom. The predicted molar refractivity (Wildman–Crippen MR) is 81.6 cm³/mol. The predicted octanol–water partition coefficient (Wildman–Crippen LogP) is 0.939. The number of H-pyrrole nitrogens is 1. The molecule has 0 spiro atoms. The molecule has 0 saturated carbocycles. The summed E-state index contributed by atoms with van der Waals surface area (Å²) in [6.07, 6.45) is 8.79. The lowest BCUT2D eigenvalue weighted by atomic mass is 10.1. The molecule has 0 saturated heterocycles. The van der Waals surface area contributed by atoms with Crippen molar-refractivity contribution < 1.29 is 19.7 Å². The van der Waals surface area contributed by atoms with Gasteiger partial charge in [-0.3, -0.25) is 9.89 Å². The van der Waals surface area contributed by atoms with E-state index >= 15 is 0 Å². The van der Waals surface area contributed by atoms with Gasteiger partial charge in [-0.25, -0.2) is 0 Å². The molecule has 0 aliphatic carbocycles. The Bertz CT molecular complexity index is 552. The molecule has 0 aliphatic heterocycles. The number of allylic oxidation sites excluding steroid dienone is 3. The normalized spacial score (nSPS) is 13.8. The summed E-state index contributed by atoms with van der Waals surface area (Å²) in [7, 11) is 1.32. The van der Waals surface area contributed by atoms with Gasteiger partial charge < -0.3 is 14.9 Å². The van der Waals surface area contributed by atoms with Gasteiger partial charge >= 0.3 is 5.97 Å². The van der Waals surface area contributed by atoms with Crippen LogP contribution < -0.4 is 0 Å². The molecule has 0 aliphatic rings. The lowest BCUT2D eigenvalue weighted by Crippen LogP contribution is -2.23. The molecular weight excluding hydrogens is 284 g/mol. The third kappa shape index (κ3) is 7.43. The molecule has 0 aromatic carbocycles. The summed E-state index contributed by atoms with van der Waals surface area (Å²) in [5, 5.41) is 25.8. The number of rotatable bonds is 7. The number of hydrogen-bond donors (Lipinski definition) is 3. The quantitative estimate of drug-likeness (QED) is 0.396. The minimum absolute atomic E-state index is 0.230. The first-order chi connectivity index (χ1) is 10.6. The van der Waals surface area contributed by atoms with Crippen LogP contribution >= 0.6 is 0 Å². The molecule has 6 heteroatoms. The molecule has 0 bridgehead atoms. The van der Waals surface area contributed by atoms with Crippen LogP contribution in [0.2, 0.25) is 0 Å². The van der Waals surface area contributed by atoms with Crippen LogP contribution in [-0.2, 0) is 9.53 Å². The first-order valence-corrected chi connectivity index (χ1v) is 6.90. The van der Waals surface area contributed by atoms with Crippen molar-refractivity contribution in [1.82, 2.24) is 10.2 Å². The summed E-state index contributed by atoms with van der Waals surface area (Å²) < 4.78 is 4.50. The van der Waals surface area contributed by atoms with Gasteiger partial charge in [0.25, 0.3) is 0 Å². The second-order valence-corrected chi connectivity index (χ2v) is 4.53. The van der Waals surface area contributed by atoms with Crippen LogP contribution in [0.25, 0.3) is 0 Å². The summed E-state index contributed by atoms with van der Waals surface area (Å²) >= 11 is 0. The minimum atomic E-state index is -0.982. The van der Waals surface area contributed by atoms with E-state index in [2.05, 4.69) is 26.8 Å². The topological polar surface area (TPSA) is 95.4 Å². The van der Waals surface area contributed by atoms with Gasteiger partial charge in [-0.05, 0) is 18.9 Å². The van der Waals surface area contributed by atoms with Gasteiger partial charge in [0.2, 0.25) is 0 Å². The maximum atomic E-state index is 10.9. The van der Waals surface area contributed by atoms with Crippen molar-refractivity contribution in [2.45, 2.75) is 31.5 Å². The number of aliphatic hydroxyl groups excluding tert-OH is 2. The Balaban J connectivity index is 2.27. The van der Waals surface area contributed by atoms with Crippen molar-refractivity contribution in [2.24, 2.45) is 0 Å². The number of aromatic nitrogens is 2. The molecule has 1 heterocycles. The van der Waals surface area contributed by atoms with Crippen LogP contribution in [-0.4, -0.2) is 45.7 Å². The largest absolute Gasteiger partial charge is 0.469 e. The zero-order chi connectivity index (χ0) is 16.2. The molecule has 0 radical (unpaired) electrons. The first kappa shape index (κ1) is 17.7. The fourth-order valence-electron chi connectivity index (χ4n) is 1.58. The molecule has 2 atom stereocenters. The first-order valence-electron chi connectivity index (χ1n) is 6.90. The molecule has 1 rings (SSSR count). The molecule has 22 heavy (non-hydrogen) atoms. The Morgan fingerprint density at radius 1 is 1.50 bits per heavy atom. The Labute approximate surface area is 129 Å². The van der Waals surface area contributed by atoms with Crippen molar-refractivity contribution in [1.29, 1.82) is 0 Å². The van der Waals surface area contributed by atoms with Gasteiger partial charge in [-0.1, -0.05) is 30.1 Å². The van der Waals surface area contributed by atoms with E-state index in [1.807, 2.05) is 0 Å². The van der Waals surface area contributed by atoms with Gasteiger partial charge in [-0.15, -0.1) is 0 Å². The highest BCUT2D eigenvalue weighted by Crippen LogP contribution is 2.07. The van der Waals surface area contributed by atoms with Crippen LogP contribution in [0, 0.1) is 11.8 Å². The minimum Gasteiger partial charge on any atom is -0.469 e. The van der Waals surface area contributed by atoms with Crippen LogP contribution in [0.5, 0.6) is 0 Å². The van der Waals surface area contributed by atoms with Crippen molar-refractivity contribution in [2.75, 3.05) is 7.11 Å². The third-order valence-corrected chi connectivity index (χ3v) is 2.82. The average molecular weight is 304 g/mol. The average Bonchev–Trinajstić information content (AvgIpc) is 3.03. The molecule has 0 amide bonds. The van der Waals surface area contributed by atoms with E-state index in [9.17, 15) is 15.0 Å². The van der Waals surface area contributed by atoms with Gasteiger partial charge in [-0.2, -0.15) is 5.10 Å². The van der Waals surface area contributed by atoms with E-state index in [1.165, 1.54) is 13.2 Å². The van der Waals surface area contributed by atoms with Crippen molar-refractivity contribution in [3.8, 4) is 11.8 Å². The van der Waals surface area contributed by atoms with Crippen LogP contribution in [0.3, 0.4) is 0 Å². The molecule has 0 unspecified atom stereocenters. The highest BCUT2D eigenvalue weighted by atomic mass is 16.5. The van der Waals surface area contributed by atoms with Crippen molar-refractivity contribution in [3.05, 3.63) is 42.3 Å². The van der Waals surface area contributed by atoms with E-state index in [4.69, 9.17) is 0 Å². The number of carbonyl (C=O) groups excluding carboxylic acids is 1. The zero-order valence-electron chi connectivity index (χ0n) is 12.4. The number of aliphatic hydroxyl groups is 2. The second kappa shape index (κ2) is 10.4. The second-order valence-electron chi connectivity index (χ2n) is 4.53. The van der Waals surface area contributed by atoms with Crippen LogP contribution in [0.4, 0.5) is 0 Å². The number of esters is 1. The lowest BCUT2D eigenvalue weighted by Gasteiger charge is -2.13. The Hall–Kier alpha value is -2.36. The summed E-state index contributed by atoms with van der Waals surface area (Å²) in [5.74, 6) is 5.34. The number of nitrogens with one attached hydrogen (secondary N) is 1. The number of nitrogens with zero attached hydrogens (tertiary/aromatic N) is 1. The van der Waals surface area contributed by atoms with Crippen LogP contribution in [0.15, 0.2) is 36.7 Å². The third-order valence-electron chi connectivity index (χ3n) is 2.82. The number of hydrogen-bond acceptors (Lipinski definition) is 5. The SMILES string of the molecule is COC(=O)CCC[C@H](O)[C@H](O)/C=C/C=C/C#Cc1cn[nH]c1. The summed E-state index contributed by atoms with van der Waals surface area (Å²) in [6.45, 7) is 0. The van der Waals surface area contributed by atoms with E-state index in [0.717, 1.165) is 5.56 Å². The van der Waals surface area contributed by atoms with Gasteiger partial charge in [0.05, 0.1) is 31.1 Å².